The number of methoxy groups -OCH3 is 1. The number of aryl methyl sites for hydroxylation is 1. The highest BCUT2D eigenvalue weighted by molar-refractivity contribution is 5.42. The van der Waals surface area contributed by atoms with Crippen LogP contribution < -0.4 is 15.0 Å². The second kappa shape index (κ2) is 7.87. The Labute approximate surface area is 150 Å². The smallest absolute Gasteiger partial charge is 0.216 e. The molecule has 136 valence electrons. The summed E-state index contributed by atoms with van der Waals surface area (Å²) in [4.78, 5) is 6.89. The van der Waals surface area contributed by atoms with Gasteiger partial charge in [-0.05, 0) is 36.5 Å². The van der Waals surface area contributed by atoms with Gasteiger partial charge in [-0.25, -0.2) is 9.67 Å². The standard InChI is InChI=1S/C19H29N5O/c1-14(2)18-16(19(25-4)23(3)22-18)13-20-12-15-7-8-21-17(11-15)24-9-5-6-10-24/h7-8,11,14,20H,5-6,9-10,12-13H2,1-4H3. The van der Waals surface area contributed by atoms with Crippen LogP contribution in [0.5, 0.6) is 5.88 Å². The van der Waals surface area contributed by atoms with E-state index < -0.39 is 0 Å². The van der Waals surface area contributed by atoms with Gasteiger partial charge in [0, 0.05) is 39.4 Å². The maximum Gasteiger partial charge on any atom is 0.216 e. The van der Waals surface area contributed by atoms with Gasteiger partial charge in [-0.1, -0.05) is 13.8 Å². The average Bonchev–Trinajstić information content (AvgIpc) is 3.23. The fourth-order valence-electron chi connectivity index (χ4n) is 3.48. The monoisotopic (exact) mass is 343 g/mol. The molecule has 0 spiro atoms. The minimum Gasteiger partial charge on any atom is -0.481 e. The highest BCUT2D eigenvalue weighted by Gasteiger charge is 2.19. The molecule has 0 aliphatic carbocycles. The van der Waals surface area contributed by atoms with Crippen LogP contribution in [0.1, 0.15) is 49.4 Å². The van der Waals surface area contributed by atoms with Gasteiger partial charge in [0.1, 0.15) is 5.82 Å². The average molecular weight is 343 g/mol. The number of nitrogens with zero attached hydrogens (tertiary/aromatic N) is 4. The van der Waals surface area contributed by atoms with Crippen LogP contribution in [0.25, 0.3) is 0 Å². The molecule has 1 fully saturated rings. The minimum atomic E-state index is 0.370. The van der Waals surface area contributed by atoms with Crippen molar-refractivity contribution < 1.29 is 4.74 Å². The quantitative estimate of drug-likeness (QED) is 0.838. The third kappa shape index (κ3) is 3.95. The molecule has 0 unspecified atom stereocenters. The lowest BCUT2D eigenvalue weighted by Gasteiger charge is -2.17. The Morgan fingerprint density at radius 2 is 2.00 bits per heavy atom. The molecule has 0 bridgehead atoms. The number of aromatic nitrogens is 3. The van der Waals surface area contributed by atoms with Gasteiger partial charge in [0.25, 0.3) is 0 Å². The summed E-state index contributed by atoms with van der Waals surface area (Å²) in [6.07, 6.45) is 4.45. The topological polar surface area (TPSA) is 55.2 Å². The van der Waals surface area contributed by atoms with Crippen molar-refractivity contribution in [3.63, 3.8) is 0 Å². The van der Waals surface area contributed by atoms with Crippen molar-refractivity contribution in [3.05, 3.63) is 35.2 Å². The molecule has 3 heterocycles. The zero-order valence-electron chi connectivity index (χ0n) is 15.7. The van der Waals surface area contributed by atoms with Crippen molar-refractivity contribution in [3.8, 4) is 5.88 Å². The third-order valence-corrected chi connectivity index (χ3v) is 4.73. The highest BCUT2D eigenvalue weighted by atomic mass is 16.5. The number of anilines is 1. The van der Waals surface area contributed by atoms with Crippen molar-refractivity contribution >= 4 is 5.82 Å². The van der Waals surface area contributed by atoms with E-state index in [1.165, 1.54) is 18.4 Å². The SMILES string of the molecule is COc1c(CNCc2ccnc(N3CCCC3)c2)c(C(C)C)nn1C. The first kappa shape index (κ1) is 17.7. The van der Waals surface area contributed by atoms with Gasteiger partial charge in [-0.15, -0.1) is 0 Å². The molecule has 0 amide bonds. The van der Waals surface area contributed by atoms with E-state index in [-0.39, 0.29) is 0 Å². The van der Waals surface area contributed by atoms with Crippen LogP contribution in [0.3, 0.4) is 0 Å². The normalized spacial score (nSPS) is 14.5. The van der Waals surface area contributed by atoms with Gasteiger partial charge in [0.15, 0.2) is 0 Å². The molecule has 6 nitrogen and oxygen atoms in total. The van der Waals surface area contributed by atoms with Gasteiger partial charge in [0.2, 0.25) is 5.88 Å². The van der Waals surface area contributed by atoms with Crippen LogP contribution in [-0.2, 0) is 20.1 Å². The molecule has 0 atom stereocenters. The number of nitrogens with one attached hydrogen (secondary N) is 1. The second-order valence-corrected chi connectivity index (χ2v) is 6.97. The first-order valence-electron chi connectivity index (χ1n) is 9.10. The summed E-state index contributed by atoms with van der Waals surface area (Å²) in [6, 6.07) is 4.28. The van der Waals surface area contributed by atoms with E-state index in [0.717, 1.165) is 49.1 Å². The lowest BCUT2D eigenvalue weighted by molar-refractivity contribution is 0.368. The predicted octanol–water partition coefficient (Wildman–Crippen LogP) is 2.84. The van der Waals surface area contributed by atoms with E-state index in [2.05, 4.69) is 46.3 Å². The summed E-state index contributed by atoms with van der Waals surface area (Å²) in [5.74, 6) is 2.30. The second-order valence-electron chi connectivity index (χ2n) is 6.97. The maximum atomic E-state index is 5.54. The molecule has 1 N–H and O–H groups in total. The van der Waals surface area contributed by atoms with Crippen LogP contribution in [-0.4, -0.2) is 35.0 Å². The molecule has 1 aliphatic heterocycles. The highest BCUT2D eigenvalue weighted by Crippen LogP contribution is 2.27. The molecule has 1 saturated heterocycles. The van der Waals surface area contributed by atoms with Crippen LogP contribution in [0.15, 0.2) is 18.3 Å². The summed E-state index contributed by atoms with van der Waals surface area (Å²) in [6.45, 7) is 8.11. The first-order valence-corrected chi connectivity index (χ1v) is 9.10. The van der Waals surface area contributed by atoms with Crippen molar-refractivity contribution in [2.45, 2.75) is 45.7 Å². The van der Waals surface area contributed by atoms with Crippen molar-refractivity contribution in [1.29, 1.82) is 0 Å². The number of pyridine rings is 1. The van der Waals surface area contributed by atoms with Crippen molar-refractivity contribution in [2.75, 3.05) is 25.1 Å². The summed E-state index contributed by atoms with van der Waals surface area (Å²) in [7, 11) is 3.63. The number of hydrogen-bond donors (Lipinski definition) is 1. The van der Waals surface area contributed by atoms with Crippen LogP contribution in [0.2, 0.25) is 0 Å². The molecule has 25 heavy (non-hydrogen) atoms. The summed E-state index contributed by atoms with van der Waals surface area (Å²) in [5, 5.41) is 8.15. The van der Waals surface area contributed by atoms with Gasteiger partial charge in [0.05, 0.1) is 18.4 Å². The molecule has 1 aliphatic rings. The zero-order valence-corrected chi connectivity index (χ0v) is 15.7. The summed E-state index contributed by atoms with van der Waals surface area (Å²) in [5.41, 5.74) is 3.50. The first-order chi connectivity index (χ1) is 12.1. The zero-order chi connectivity index (χ0) is 17.8. The predicted molar refractivity (Wildman–Crippen MR) is 100 cm³/mol. The lowest BCUT2D eigenvalue weighted by atomic mass is 10.1. The van der Waals surface area contributed by atoms with Gasteiger partial charge >= 0.3 is 0 Å². The Morgan fingerprint density at radius 1 is 1.24 bits per heavy atom. The molecule has 3 rings (SSSR count). The van der Waals surface area contributed by atoms with Crippen molar-refractivity contribution in [1.82, 2.24) is 20.1 Å². The Hall–Kier alpha value is -2.08. The van der Waals surface area contributed by atoms with E-state index >= 15 is 0 Å². The number of rotatable bonds is 7. The van der Waals surface area contributed by atoms with Gasteiger partial charge in [-0.3, -0.25) is 0 Å². The lowest BCUT2D eigenvalue weighted by Crippen LogP contribution is -2.20. The van der Waals surface area contributed by atoms with E-state index in [0.29, 0.717) is 5.92 Å². The fraction of sp³-hybridized carbons (Fsp3) is 0.579. The third-order valence-electron chi connectivity index (χ3n) is 4.73. The molecule has 0 saturated carbocycles. The van der Waals surface area contributed by atoms with E-state index in [4.69, 9.17) is 4.74 Å². The molecule has 0 radical (unpaired) electrons. The molecule has 2 aromatic heterocycles. The van der Waals surface area contributed by atoms with Crippen LogP contribution in [0.4, 0.5) is 5.82 Å². The summed E-state index contributed by atoms with van der Waals surface area (Å²) >= 11 is 0. The number of hydrogen-bond acceptors (Lipinski definition) is 5. The van der Waals surface area contributed by atoms with E-state index in [9.17, 15) is 0 Å². The van der Waals surface area contributed by atoms with Crippen LogP contribution in [0, 0.1) is 0 Å². The summed E-state index contributed by atoms with van der Waals surface area (Å²) < 4.78 is 7.36. The van der Waals surface area contributed by atoms with E-state index in [1.807, 2.05) is 17.9 Å². The Bertz CT molecular complexity index is 704. The molecular formula is C19H29N5O. The maximum absolute atomic E-state index is 5.54. The van der Waals surface area contributed by atoms with Crippen molar-refractivity contribution in [2.24, 2.45) is 7.05 Å². The molecular weight excluding hydrogens is 314 g/mol. The molecule has 2 aromatic rings. The fourth-order valence-corrected chi connectivity index (χ4v) is 3.48. The Kier molecular flexibility index (Phi) is 5.58. The largest absolute Gasteiger partial charge is 0.481 e. The van der Waals surface area contributed by atoms with Gasteiger partial charge in [-0.2, -0.15) is 5.10 Å². The molecule has 0 aromatic carbocycles. The Morgan fingerprint density at radius 3 is 2.68 bits per heavy atom. The van der Waals surface area contributed by atoms with Crippen LogP contribution >= 0.6 is 0 Å². The van der Waals surface area contributed by atoms with E-state index in [1.54, 1.807) is 7.11 Å². The Balaban J connectivity index is 1.66. The minimum absolute atomic E-state index is 0.370. The number of ether oxygens (including phenoxy) is 1. The van der Waals surface area contributed by atoms with Gasteiger partial charge < -0.3 is 15.0 Å². The molecule has 6 heteroatoms.